The lowest BCUT2D eigenvalue weighted by atomic mass is 10.1. The molecule has 5 heteroatoms. The lowest BCUT2D eigenvalue weighted by molar-refractivity contribution is 0.0691. The van der Waals surface area contributed by atoms with Gasteiger partial charge in [-0.15, -0.1) is 0 Å². The van der Waals surface area contributed by atoms with Crippen LogP contribution in [-0.2, 0) is 0 Å². The van der Waals surface area contributed by atoms with Crippen molar-refractivity contribution in [3.8, 4) is 11.3 Å². The van der Waals surface area contributed by atoms with E-state index in [4.69, 9.17) is 9.52 Å². The smallest absolute Gasteiger partial charge is 0.358 e. The highest BCUT2D eigenvalue weighted by molar-refractivity contribution is 14.1. The van der Waals surface area contributed by atoms with E-state index in [1.165, 1.54) is 0 Å². The largest absolute Gasteiger partial charge is 0.476 e. The highest BCUT2D eigenvalue weighted by Crippen LogP contribution is 2.29. The zero-order valence-electron chi connectivity index (χ0n) is 8.40. The number of carbonyl (C=O) groups is 1. The van der Waals surface area contributed by atoms with Crippen LogP contribution < -0.4 is 0 Å². The highest BCUT2D eigenvalue weighted by atomic mass is 127. The highest BCUT2D eigenvalue weighted by Gasteiger charge is 2.19. The molecule has 1 aromatic carbocycles. The van der Waals surface area contributed by atoms with Crippen molar-refractivity contribution in [2.45, 2.75) is 6.92 Å². The number of hydrogen-bond donors (Lipinski definition) is 1. The number of benzene rings is 1. The summed E-state index contributed by atoms with van der Waals surface area (Å²) in [4.78, 5) is 14.6. The predicted octanol–water partition coefficient (Wildman–Crippen LogP) is 2.95. The Labute approximate surface area is 105 Å². The van der Waals surface area contributed by atoms with Crippen LogP contribution in [0.2, 0.25) is 0 Å². The number of nitrogens with zero attached hydrogens (tertiary/aromatic N) is 1. The third kappa shape index (κ3) is 1.82. The van der Waals surface area contributed by atoms with Gasteiger partial charge in [-0.05, 0) is 35.1 Å². The number of oxazole rings is 1. The lowest BCUT2D eigenvalue weighted by Crippen LogP contribution is -1.99. The van der Waals surface area contributed by atoms with Crippen LogP contribution >= 0.6 is 22.6 Å². The Morgan fingerprint density at radius 1 is 1.50 bits per heavy atom. The average molecular weight is 329 g/mol. The molecule has 1 aromatic heterocycles. The van der Waals surface area contributed by atoms with E-state index >= 15 is 0 Å². The molecule has 1 heterocycles. The SMILES string of the molecule is Cc1cccc(-c2ocnc2C(=O)O)c1I. The molecule has 0 bridgehead atoms. The molecule has 0 aliphatic heterocycles. The molecule has 0 radical (unpaired) electrons. The van der Waals surface area contributed by atoms with Crippen molar-refractivity contribution in [2.24, 2.45) is 0 Å². The van der Waals surface area contributed by atoms with E-state index in [2.05, 4.69) is 27.6 Å². The first-order valence-corrected chi connectivity index (χ1v) is 5.61. The molecular weight excluding hydrogens is 321 g/mol. The van der Waals surface area contributed by atoms with Crippen LogP contribution in [0.15, 0.2) is 29.0 Å². The zero-order valence-corrected chi connectivity index (χ0v) is 10.6. The van der Waals surface area contributed by atoms with Crippen LogP contribution in [0, 0.1) is 10.5 Å². The molecule has 0 aliphatic carbocycles. The first-order chi connectivity index (χ1) is 7.61. The second-order valence-electron chi connectivity index (χ2n) is 3.27. The Morgan fingerprint density at radius 2 is 2.25 bits per heavy atom. The Kier molecular flexibility index (Phi) is 2.95. The summed E-state index contributed by atoms with van der Waals surface area (Å²) in [7, 11) is 0. The summed E-state index contributed by atoms with van der Waals surface area (Å²) in [5.41, 5.74) is 1.78. The van der Waals surface area contributed by atoms with E-state index in [1.807, 2.05) is 25.1 Å². The van der Waals surface area contributed by atoms with Gasteiger partial charge in [-0.3, -0.25) is 0 Å². The van der Waals surface area contributed by atoms with E-state index in [0.717, 1.165) is 21.1 Å². The van der Waals surface area contributed by atoms with Gasteiger partial charge >= 0.3 is 5.97 Å². The molecule has 82 valence electrons. The third-order valence-electron chi connectivity index (χ3n) is 2.21. The molecule has 0 saturated carbocycles. The number of aryl methyl sites for hydroxylation is 1. The van der Waals surface area contributed by atoms with Crippen molar-refractivity contribution in [2.75, 3.05) is 0 Å². The standard InChI is InChI=1S/C11H8INO3/c1-6-3-2-4-7(8(6)12)10-9(11(14)15)13-5-16-10/h2-5H,1H3,(H,14,15). The molecule has 16 heavy (non-hydrogen) atoms. The molecule has 4 nitrogen and oxygen atoms in total. The predicted molar refractivity (Wildman–Crippen MR) is 66.4 cm³/mol. The summed E-state index contributed by atoms with van der Waals surface area (Å²) in [6.45, 7) is 1.96. The fourth-order valence-electron chi connectivity index (χ4n) is 1.41. The fraction of sp³-hybridized carbons (Fsp3) is 0.0909. The Hall–Kier alpha value is -1.37. The minimum Gasteiger partial charge on any atom is -0.476 e. The van der Waals surface area contributed by atoms with Gasteiger partial charge in [-0.2, -0.15) is 0 Å². The number of carboxylic acid groups (broad SMARTS) is 1. The van der Waals surface area contributed by atoms with Crippen molar-refractivity contribution in [1.29, 1.82) is 0 Å². The van der Waals surface area contributed by atoms with E-state index in [1.54, 1.807) is 0 Å². The van der Waals surface area contributed by atoms with Crippen LogP contribution in [0.25, 0.3) is 11.3 Å². The first kappa shape index (κ1) is 11.1. The van der Waals surface area contributed by atoms with E-state index in [-0.39, 0.29) is 5.69 Å². The van der Waals surface area contributed by atoms with Crippen molar-refractivity contribution in [3.05, 3.63) is 39.4 Å². The van der Waals surface area contributed by atoms with E-state index < -0.39 is 5.97 Å². The second kappa shape index (κ2) is 4.25. The van der Waals surface area contributed by atoms with Gasteiger partial charge in [0.1, 0.15) is 0 Å². The van der Waals surface area contributed by atoms with Gasteiger partial charge in [-0.1, -0.05) is 18.2 Å². The maximum atomic E-state index is 10.9. The molecule has 0 saturated heterocycles. The molecule has 0 spiro atoms. The number of aromatic carboxylic acids is 1. The van der Waals surface area contributed by atoms with Gasteiger partial charge < -0.3 is 9.52 Å². The molecule has 2 rings (SSSR count). The Balaban J connectivity index is 2.63. The van der Waals surface area contributed by atoms with Crippen LogP contribution in [0.3, 0.4) is 0 Å². The second-order valence-corrected chi connectivity index (χ2v) is 4.35. The normalized spacial score (nSPS) is 10.4. The summed E-state index contributed by atoms with van der Waals surface area (Å²) in [5.74, 6) is -0.776. The molecule has 2 aromatic rings. The van der Waals surface area contributed by atoms with Gasteiger partial charge in [0.05, 0.1) is 0 Å². The lowest BCUT2D eigenvalue weighted by Gasteiger charge is -2.04. The molecule has 1 N–H and O–H groups in total. The quantitative estimate of drug-likeness (QED) is 0.861. The maximum absolute atomic E-state index is 10.9. The monoisotopic (exact) mass is 329 g/mol. The van der Waals surface area contributed by atoms with Gasteiger partial charge in [0.15, 0.2) is 17.8 Å². The van der Waals surface area contributed by atoms with Crippen molar-refractivity contribution in [1.82, 2.24) is 4.98 Å². The molecule has 0 aliphatic rings. The topological polar surface area (TPSA) is 63.3 Å². The van der Waals surface area contributed by atoms with E-state index in [0.29, 0.717) is 5.76 Å². The maximum Gasteiger partial charge on any atom is 0.358 e. The van der Waals surface area contributed by atoms with Gasteiger partial charge in [0, 0.05) is 9.13 Å². The number of rotatable bonds is 2. The summed E-state index contributed by atoms with van der Waals surface area (Å²) in [5, 5.41) is 8.95. The summed E-state index contributed by atoms with van der Waals surface area (Å²) >= 11 is 2.17. The van der Waals surface area contributed by atoms with E-state index in [9.17, 15) is 4.79 Å². The van der Waals surface area contributed by atoms with Crippen LogP contribution in [-0.4, -0.2) is 16.1 Å². The fourth-order valence-corrected chi connectivity index (χ4v) is 2.02. The molecular formula is C11H8INO3. The van der Waals surface area contributed by atoms with Crippen LogP contribution in [0.4, 0.5) is 0 Å². The number of carboxylic acids is 1. The minimum atomic E-state index is -1.08. The number of aromatic nitrogens is 1. The molecule has 0 atom stereocenters. The van der Waals surface area contributed by atoms with Crippen molar-refractivity contribution in [3.63, 3.8) is 0 Å². The average Bonchev–Trinajstić information content (AvgIpc) is 2.70. The molecule has 0 amide bonds. The van der Waals surface area contributed by atoms with Crippen molar-refractivity contribution >= 4 is 28.6 Å². The third-order valence-corrected chi connectivity index (χ3v) is 3.64. The minimum absolute atomic E-state index is 0.0523. The van der Waals surface area contributed by atoms with Gasteiger partial charge in [0.2, 0.25) is 0 Å². The number of halogens is 1. The first-order valence-electron chi connectivity index (χ1n) is 4.53. The molecule has 0 fully saturated rings. The Morgan fingerprint density at radius 3 is 2.94 bits per heavy atom. The summed E-state index contributed by atoms with van der Waals surface area (Å²) in [6.07, 6.45) is 1.15. The summed E-state index contributed by atoms with van der Waals surface area (Å²) in [6, 6.07) is 5.64. The number of hydrogen-bond acceptors (Lipinski definition) is 3. The van der Waals surface area contributed by atoms with Gasteiger partial charge in [0.25, 0.3) is 0 Å². The van der Waals surface area contributed by atoms with Crippen LogP contribution in [0.5, 0.6) is 0 Å². The zero-order chi connectivity index (χ0) is 11.7. The van der Waals surface area contributed by atoms with Crippen molar-refractivity contribution < 1.29 is 14.3 Å². The van der Waals surface area contributed by atoms with Gasteiger partial charge in [-0.25, -0.2) is 9.78 Å². The molecule has 0 unspecified atom stereocenters. The summed E-state index contributed by atoms with van der Waals surface area (Å²) < 4.78 is 6.12. The van der Waals surface area contributed by atoms with Crippen LogP contribution in [0.1, 0.15) is 16.1 Å². The Bertz CT molecular complexity index is 548.